The number of aromatic nitrogens is 1. The molecule has 83 valence electrons. The molecule has 0 saturated carbocycles. The summed E-state index contributed by atoms with van der Waals surface area (Å²) in [6.45, 7) is 2.20. The number of nitrogens with zero attached hydrogens (tertiary/aromatic N) is 1. The number of rotatable bonds is 4. The first-order chi connectivity index (χ1) is 7.83. The first-order valence-corrected chi connectivity index (χ1v) is 5.82. The molecule has 0 aliphatic rings. The minimum absolute atomic E-state index is 0.570. The van der Waals surface area contributed by atoms with Crippen LogP contribution in [0.3, 0.4) is 0 Å². The summed E-state index contributed by atoms with van der Waals surface area (Å²) in [5.41, 5.74) is 8.64. The van der Waals surface area contributed by atoms with Gasteiger partial charge in [0.25, 0.3) is 0 Å². The molecule has 0 aliphatic heterocycles. The summed E-state index contributed by atoms with van der Waals surface area (Å²) < 4.78 is 4.92. The van der Waals surface area contributed by atoms with Crippen LogP contribution in [0.4, 0.5) is 0 Å². The Balaban J connectivity index is 2.21. The van der Waals surface area contributed by atoms with Crippen LogP contribution in [-0.4, -0.2) is 12.1 Å². The Bertz CT molecular complexity index is 450. The molecule has 16 heavy (non-hydrogen) atoms. The average molecular weight is 233 g/mol. The Hall–Kier alpha value is -1.23. The molecule has 0 spiro atoms. The first-order valence-electron chi connectivity index (χ1n) is 4.94. The quantitative estimate of drug-likeness (QED) is 0.882. The van der Waals surface area contributed by atoms with Crippen molar-refractivity contribution >= 4 is 11.3 Å². The zero-order chi connectivity index (χ0) is 11.4. The van der Waals surface area contributed by atoms with E-state index < -0.39 is 0 Å². The SMILES string of the molecule is CO[CH]c1csc(-c2ccc(CN)cc2)n1. The van der Waals surface area contributed by atoms with Gasteiger partial charge < -0.3 is 10.5 Å². The van der Waals surface area contributed by atoms with Crippen LogP contribution in [0.2, 0.25) is 0 Å². The van der Waals surface area contributed by atoms with Crippen LogP contribution in [0.5, 0.6) is 0 Å². The highest BCUT2D eigenvalue weighted by molar-refractivity contribution is 7.13. The van der Waals surface area contributed by atoms with E-state index in [9.17, 15) is 0 Å². The van der Waals surface area contributed by atoms with Crippen LogP contribution in [0.25, 0.3) is 10.6 Å². The molecular formula is C12H13N2OS. The van der Waals surface area contributed by atoms with Crippen LogP contribution in [0.15, 0.2) is 29.6 Å². The van der Waals surface area contributed by atoms with Crippen molar-refractivity contribution < 1.29 is 4.74 Å². The number of ether oxygens (including phenoxy) is 1. The van der Waals surface area contributed by atoms with Gasteiger partial charge in [-0.15, -0.1) is 11.3 Å². The number of hydrogen-bond acceptors (Lipinski definition) is 4. The second-order valence-electron chi connectivity index (χ2n) is 3.33. The van der Waals surface area contributed by atoms with Crippen molar-refractivity contribution in [2.24, 2.45) is 5.73 Å². The molecule has 4 heteroatoms. The standard InChI is InChI=1S/C12H13N2OS/c1-15-7-11-8-16-12(14-11)10-4-2-9(6-13)3-5-10/h2-5,7-8H,6,13H2,1H3. The third-order valence-corrected chi connectivity index (χ3v) is 3.11. The minimum atomic E-state index is 0.570. The number of benzene rings is 1. The maximum Gasteiger partial charge on any atom is 0.132 e. The van der Waals surface area contributed by atoms with E-state index in [1.54, 1.807) is 25.1 Å². The Morgan fingerprint density at radius 2 is 2.12 bits per heavy atom. The van der Waals surface area contributed by atoms with Gasteiger partial charge in [-0.1, -0.05) is 24.3 Å². The molecule has 0 aliphatic carbocycles. The Kier molecular flexibility index (Phi) is 3.66. The summed E-state index contributed by atoms with van der Waals surface area (Å²) in [6.07, 6.45) is 0. The Morgan fingerprint density at radius 1 is 1.38 bits per heavy atom. The van der Waals surface area contributed by atoms with E-state index in [1.165, 1.54) is 0 Å². The largest absolute Gasteiger partial charge is 0.372 e. The predicted octanol–water partition coefficient (Wildman–Crippen LogP) is 2.43. The lowest BCUT2D eigenvalue weighted by Gasteiger charge is -1.98. The molecular weight excluding hydrogens is 220 g/mol. The van der Waals surface area contributed by atoms with E-state index in [1.807, 2.05) is 29.6 Å². The molecule has 0 amide bonds. The molecule has 0 saturated heterocycles. The zero-order valence-corrected chi connectivity index (χ0v) is 9.83. The van der Waals surface area contributed by atoms with E-state index in [-0.39, 0.29) is 0 Å². The van der Waals surface area contributed by atoms with Crippen LogP contribution >= 0.6 is 11.3 Å². The van der Waals surface area contributed by atoms with Crippen molar-refractivity contribution in [3.8, 4) is 10.6 Å². The monoisotopic (exact) mass is 233 g/mol. The third-order valence-electron chi connectivity index (χ3n) is 2.20. The average Bonchev–Trinajstić information content (AvgIpc) is 2.78. The summed E-state index contributed by atoms with van der Waals surface area (Å²) in [4.78, 5) is 4.43. The van der Waals surface area contributed by atoms with Gasteiger partial charge in [-0.2, -0.15) is 0 Å². The van der Waals surface area contributed by atoms with Gasteiger partial charge in [0, 0.05) is 24.6 Å². The van der Waals surface area contributed by atoms with E-state index in [4.69, 9.17) is 10.5 Å². The van der Waals surface area contributed by atoms with Gasteiger partial charge in [0.05, 0.1) is 5.69 Å². The molecule has 0 fully saturated rings. The summed E-state index contributed by atoms with van der Waals surface area (Å²) >= 11 is 1.60. The van der Waals surface area contributed by atoms with Crippen LogP contribution in [0.1, 0.15) is 11.3 Å². The molecule has 0 unspecified atom stereocenters. The lowest BCUT2D eigenvalue weighted by atomic mass is 10.1. The van der Waals surface area contributed by atoms with Crippen molar-refractivity contribution in [3.63, 3.8) is 0 Å². The predicted molar refractivity (Wildman–Crippen MR) is 65.9 cm³/mol. The van der Waals surface area contributed by atoms with Crippen molar-refractivity contribution in [2.75, 3.05) is 7.11 Å². The Labute approximate surface area is 98.9 Å². The third kappa shape index (κ3) is 2.47. The molecule has 2 aromatic rings. The fraction of sp³-hybridized carbons (Fsp3) is 0.167. The lowest BCUT2D eigenvalue weighted by molar-refractivity contribution is 0.290. The topological polar surface area (TPSA) is 48.1 Å². The molecule has 3 nitrogen and oxygen atoms in total. The summed E-state index contributed by atoms with van der Waals surface area (Å²) in [5, 5.41) is 2.96. The van der Waals surface area contributed by atoms with Gasteiger partial charge in [0.2, 0.25) is 0 Å². The van der Waals surface area contributed by atoms with Gasteiger partial charge in [-0.05, 0) is 5.56 Å². The maximum atomic E-state index is 5.55. The molecule has 2 rings (SSSR count). The second kappa shape index (κ2) is 5.21. The molecule has 2 N–H and O–H groups in total. The van der Waals surface area contributed by atoms with Crippen LogP contribution < -0.4 is 5.73 Å². The maximum absolute atomic E-state index is 5.55. The highest BCUT2D eigenvalue weighted by Gasteiger charge is 2.04. The molecule has 1 heterocycles. The van der Waals surface area contributed by atoms with Crippen molar-refractivity contribution in [1.29, 1.82) is 0 Å². The lowest BCUT2D eigenvalue weighted by Crippen LogP contribution is -1.95. The van der Waals surface area contributed by atoms with E-state index in [0.29, 0.717) is 6.54 Å². The molecule has 1 aromatic heterocycles. The first kappa shape index (κ1) is 11.3. The highest BCUT2D eigenvalue weighted by atomic mass is 32.1. The number of methoxy groups -OCH3 is 1. The smallest absolute Gasteiger partial charge is 0.132 e. The van der Waals surface area contributed by atoms with Gasteiger partial charge in [-0.25, -0.2) is 4.98 Å². The fourth-order valence-electron chi connectivity index (χ4n) is 1.38. The van der Waals surface area contributed by atoms with Gasteiger partial charge in [0.1, 0.15) is 11.6 Å². The minimum Gasteiger partial charge on any atom is -0.372 e. The number of hydrogen-bond donors (Lipinski definition) is 1. The zero-order valence-electron chi connectivity index (χ0n) is 9.01. The van der Waals surface area contributed by atoms with Crippen molar-refractivity contribution in [1.82, 2.24) is 4.98 Å². The van der Waals surface area contributed by atoms with E-state index in [0.717, 1.165) is 21.8 Å². The van der Waals surface area contributed by atoms with Gasteiger partial charge in [0.15, 0.2) is 0 Å². The Morgan fingerprint density at radius 3 is 2.75 bits per heavy atom. The summed E-state index contributed by atoms with van der Waals surface area (Å²) in [5.74, 6) is 0. The fourth-order valence-corrected chi connectivity index (χ4v) is 2.15. The van der Waals surface area contributed by atoms with Gasteiger partial charge >= 0.3 is 0 Å². The molecule has 0 atom stereocenters. The molecule has 1 aromatic carbocycles. The highest BCUT2D eigenvalue weighted by Crippen LogP contribution is 2.24. The van der Waals surface area contributed by atoms with E-state index >= 15 is 0 Å². The van der Waals surface area contributed by atoms with Gasteiger partial charge in [-0.3, -0.25) is 0 Å². The van der Waals surface area contributed by atoms with Crippen molar-refractivity contribution in [2.45, 2.75) is 6.54 Å². The summed E-state index contributed by atoms with van der Waals surface area (Å²) in [6, 6.07) is 8.13. The molecule has 0 bridgehead atoms. The van der Waals surface area contributed by atoms with Crippen LogP contribution in [-0.2, 0) is 11.3 Å². The summed E-state index contributed by atoms with van der Waals surface area (Å²) in [7, 11) is 1.62. The normalized spacial score (nSPS) is 10.6. The van der Waals surface area contributed by atoms with Crippen molar-refractivity contribution in [3.05, 3.63) is 47.5 Å². The number of nitrogens with two attached hydrogens (primary N) is 1. The second-order valence-corrected chi connectivity index (χ2v) is 4.19. The van der Waals surface area contributed by atoms with E-state index in [2.05, 4.69) is 4.98 Å². The van der Waals surface area contributed by atoms with Crippen LogP contribution in [0, 0.1) is 6.61 Å². The number of thiazole rings is 1. The molecule has 1 radical (unpaired) electrons.